The summed E-state index contributed by atoms with van der Waals surface area (Å²) < 4.78 is 1.01. The number of rotatable bonds is 3. The van der Waals surface area contributed by atoms with Crippen LogP contribution in [0.2, 0.25) is 0 Å². The Kier molecular flexibility index (Phi) is 3.69. The van der Waals surface area contributed by atoms with Crippen LogP contribution in [0.5, 0.6) is 0 Å². The summed E-state index contributed by atoms with van der Waals surface area (Å²) in [5.41, 5.74) is 6.85. The normalized spacial score (nSPS) is 12.9. The van der Waals surface area contributed by atoms with E-state index in [0.29, 0.717) is 0 Å². The smallest absolute Gasteiger partial charge is 0.0419 e. The lowest BCUT2D eigenvalue weighted by Gasteiger charge is -2.06. The van der Waals surface area contributed by atoms with Crippen LogP contribution in [0.1, 0.15) is 19.0 Å². The molecule has 66 valence electrons. The van der Waals surface area contributed by atoms with E-state index in [2.05, 4.69) is 27.8 Å². The minimum absolute atomic E-state index is 0.235. The third kappa shape index (κ3) is 2.91. The molecule has 0 aliphatic rings. The predicted molar refractivity (Wildman–Crippen MR) is 53.9 cm³/mol. The molecular weight excluding hydrogens is 216 g/mol. The lowest BCUT2D eigenvalue weighted by atomic mass is 10.1. The van der Waals surface area contributed by atoms with Crippen molar-refractivity contribution in [1.29, 1.82) is 0 Å². The maximum absolute atomic E-state index is 5.79. The number of nitrogens with zero attached hydrogens (tertiary/aromatic N) is 1. The largest absolute Gasteiger partial charge is 0.327 e. The van der Waals surface area contributed by atoms with E-state index in [4.69, 9.17) is 5.73 Å². The van der Waals surface area contributed by atoms with Crippen LogP contribution in [0.15, 0.2) is 22.8 Å². The molecule has 1 aromatic heterocycles. The summed E-state index contributed by atoms with van der Waals surface area (Å²) in [6.07, 6.45) is 3.67. The summed E-state index contributed by atoms with van der Waals surface area (Å²) in [5, 5.41) is 0. The first kappa shape index (κ1) is 9.68. The van der Waals surface area contributed by atoms with Crippen LogP contribution in [-0.2, 0) is 6.42 Å². The van der Waals surface area contributed by atoms with E-state index >= 15 is 0 Å². The van der Waals surface area contributed by atoms with Crippen LogP contribution >= 0.6 is 15.9 Å². The van der Waals surface area contributed by atoms with Gasteiger partial charge >= 0.3 is 0 Å². The Balaban J connectivity index is 2.58. The Labute approximate surface area is 81.3 Å². The second-order valence-electron chi connectivity index (χ2n) is 2.84. The van der Waals surface area contributed by atoms with Crippen LogP contribution in [-0.4, -0.2) is 11.0 Å². The molecule has 12 heavy (non-hydrogen) atoms. The fourth-order valence-corrected chi connectivity index (χ4v) is 1.17. The van der Waals surface area contributed by atoms with Crippen molar-refractivity contribution in [2.24, 2.45) is 5.73 Å². The Bertz CT molecular complexity index is 233. The van der Waals surface area contributed by atoms with Crippen LogP contribution in [0, 0.1) is 0 Å². The van der Waals surface area contributed by atoms with Crippen molar-refractivity contribution in [3.05, 3.63) is 28.5 Å². The van der Waals surface area contributed by atoms with Gasteiger partial charge in [-0.1, -0.05) is 6.92 Å². The van der Waals surface area contributed by atoms with Crippen molar-refractivity contribution in [1.82, 2.24) is 4.98 Å². The zero-order valence-electron chi connectivity index (χ0n) is 7.13. The van der Waals surface area contributed by atoms with E-state index in [-0.39, 0.29) is 6.04 Å². The molecule has 2 N–H and O–H groups in total. The highest BCUT2D eigenvalue weighted by molar-refractivity contribution is 9.10. The average Bonchev–Trinajstić information content (AvgIpc) is 2.09. The van der Waals surface area contributed by atoms with Crippen molar-refractivity contribution in [2.45, 2.75) is 25.8 Å². The molecule has 3 heteroatoms. The lowest BCUT2D eigenvalue weighted by molar-refractivity contribution is 0.636. The summed E-state index contributed by atoms with van der Waals surface area (Å²) in [5.74, 6) is 0. The Morgan fingerprint density at radius 2 is 2.33 bits per heavy atom. The van der Waals surface area contributed by atoms with Gasteiger partial charge in [0.05, 0.1) is 0 Å². The van der Waals surface area contributed by atoms with Gasteiger partial charge in [0.25, 0.3) is 0 Å². The molecule has 1 atom stereocenters. The Morgan fingerprint density at radius 3 is 2.83 bits per heavy atom. The number of hydrogen-bond donors (Lipinski definition) is 1. The summed E-state index contributed by atoms with van der Waals surface area (Å²) in [6, 6.07) is 4.23. The van der Waals surface area contributed by atoms with E-state index in [0.717, 1.165) is 23.0 Å². The number of aromatic nitrogens is 1. The zero-order chi connectivity index (χ0) is 8.97. The molecule has 0 bridgehead atoms. The molecular formula is C9H13BrN2. The lowest BCUT2D eigenvalue weighted by Crippen LogP contribution is -2.21. The first-order valence-corrected chi connectivity index (χ1v) is 4.87. The number of halogens is 1. The first-order valence-electron chi connectivity index (χ1n) is 4.08. The highest BCUT2D eigenvalue weighted by Gasteiger charge is 2.01. The van der Waals surface area contributed by atoms with Crippen molar-refractivity contribution in [3.8, 4) is 0 Å². The average molecular weight is 229 g/mol. The highest BCUT2D eigenvalue weighted by Crippen LogP contribution is 2.08. The topological polar surface area (TPSA) is 38.9 Å². The molecule has 1 aromatic rings. The van der Waals surface area contributed by atoms with Crippen LogP contribution in [0.3, 0.4) is 0 Å². The summed E-state index contributed by atoms with van der Waals surface area (Å²) in [7, 11) is 0. The molecule has 1 unspecified atom stereocenters. The standard InChI is InChI=1S/C9H13BrN2/c1-2-8(11)5-9-4-3-7(10)6-12-9/h3-4,6,8H,2,5,11H2,1H3. The Hall–Kier alpha value is -0.410. The first-order chi connectivity index (χ1) is 5.72. The second kappa shape index (κ2) is 4.58. The molecule has 1 heterocycles. The molecule has 0 radical (unpaired) electrons. The van der Waals surface area contributed by atoms with Crippen LogP contribution in [0.25, 0.3) is 0 Å². The second-order valence-corrected chi connectivity index (χ2v) is 3.76. The summed E-state index contributed by atoms with van der Waals surface area (Å²) >= 11 is 3.33. The molecule has 2 nitrogen and oxygen atoms in total. The van der Waals surface area contributed by atoms with Gasteiger partial charge in [0.1, 0.15) is 0 Å². The van der Waals surface area contributed by atoms with Crippen LogP contribution < -0.4 is 5.73 Å². The van der Waals surface area contributed by atoms with E-state index in [1.807, 2.05) is 12.1 Å². The molecule has 0 saturated carbocycles. The van der Waals surface area contributed by atoms with Gasteiger partial charge in [0.15, 0.2) is 0 Å². The van der Waals surface area contributed by atoms with Gasteiger partial charge in [0.2, 0.25) is 0 Å². The minimum atomic E-state index is 0.235. The summed E-state index contributed by atoms with van der Waals surface area (Å²) in [4.78, 5) is 4.24. The van der Waals surface area contributed by atoms with Gasteiger partial charge in [-0.15, -0.1) is 0 Å². The molecule has 0 aromatic carbocycles. The van der Waals surface area contributed by atoms with Crippen molar-refractivity contribution < 1.29 is 0 Å². The van der Waals surface area contributed by atoms with Gasteiger partial charge < -0.3 is 5.73 Å². The third-order valence-corrected chi connectivity index (χ3v) is 2.25. The quantitative estimate of drug-likeness (QED) is 0.862. The molecule has 0 spiro atoms. The Morgan fingerprint density at radius 1 is 1.58 bits per heavy atom. The molecule has 1 rings (SSSR count). The highest BCUT2D eigenvalue weighted by atomic mass is 79.9. The van der Waals surface area contributed by atoms with Gasteiger partial charge in [-0.05, 0) is 34.5 Å². The van der Waals surface area contributed by atoms with Gasteiger partial charge in [-0.3, -0.25) is 4.98 Å². The SMILES string of the molecule is CCC(N)Cc1ccc(Br)cn1. The van der Waals surface area contributed by atoms with Crippen LogP contribution in [0.4, 0.5) is 0 Å². The van der Waals surface area contributed by atoms with E-state index in [1.165, 1.54) is 0 Å². The fourth-order valence-electron chi connectivity index (χ4n) is 0.940. The van der Waals surface area contributed by atoms with E-state index in [1.54, 1.807) is 6.20 Å². The maximum Gasteiger partial charge on any atom is 0.0419 e. The third-order valence-electron chi connectivity index (χ3n) is 1.78. The molecule has 0 aliphatic carbocycles. The molecule has 0 fully saturated rings. The maximum atomic E-state index is 5.79. The zero-order valence-corrected chi connectivity index (χ0v) is 8.71. The number of hydrogen-bond acceptors (Lipinski definition) is 2. The monoisotopic (exact) mass is 228 g/mol. The fraction of sp³-hybridized carbons (Fsp3) is 0.444. The minimum Gasteiger partial charge on any atom is -0.327 e. The number of nitrogens with two attached hydrogens (primary N) is 1. The molecule has 0 amide bonds. The predicted octanol–water partition coefficient (Wildman–Crippen LogP) is 2.12. The van der Waals surface area contributed by atoms with E-state index < -0.39 is 0 Å². The summed E-state index contributed by atoms with van der Waals surface area (Å²) in [6.45, 7) is 2.09. The van der Waals surface area contributed by atoms with Gasteiger partial charge in [-0.25, -0.2) is 0 Å². The van der Waals surface area contributed by atoms with Crippen molar-refractivity contribution in [3.63, 3.8) is 0 Å². The number of pyridine rings is 1. The van der Waals surface area contributed by atoms with Gasteiger partial charge in [-0.2, -0.15) is 0 Å². The van der Waals surface area contributed by atoms with E-state index in [9.17, 15) is 0 Å². The van der Waals surface area contributed by atoms with Crippen molar-refractivity contribution in [2.75, 3.05) is 0 Å². The van der Waals surface area contributed by atoms with Gasteiger partial charge in [0, 0.05) is 28.8 Å². The molecule has 0 saturated heterocycles. The van der Waals surface area contributed by atoms with Crippen molar-refractivity contribution >= 4 is 15.9 Å². The molecule has 0 aliphatic heterocycles.